The molecule has 4 saturated heterocycles. The quantitative estimate of drug-likeness (QED) is 0.194. The van der Waals surface area contributed by atoms with E-state index in [1.807, 2.05) is 0 Å². The number of aliphatic hydroxyl groups excluding tert-OH is 7. The van der Waals surface area contributed by atoms with Crippen LogP contribution in [0.1, 0.15) is 98.3 Å². The lowest BCUT2D eigenvalue weighted by molar-refractivity contribution is -0.331. The Hall–Kier alpha value is -0.520. The van der Waals surface area contributed by atoms with E-state index in [4.69, 9.17) is 28.4 Å². The molecule has 13 nitrogen and oxygen atoms in total. The monoisotopic (exact) mass is 754 g/mol. The molecule has 22 unspecified atom stereocenters. The predicted molar refractivity (Wildman–Crippen MR) is 188 cm³/mol. The first-order valence-electron chi connectivity index (χ1n) is 20.8. The van der Waals surface area contributed by atoms with Crippen LogP contribution in [0.15, 0.2) is 0 Å². The van der Waals surface area contributed by atoms with Crippen molar-refractivity contribution in [3.63, 3.8) is 0 Å². The van der Waals surface area contributed by atoms with Crippen molar-refractivity contribution in [1.82, 2.24) is 0 Å². The van der Waals surface area contributed by atoms with Crippen LogP contribution in [0.25, 0.3) is 0 Å². The molecule has 1 spiro atoms. The summed E-state index contributed by atoms with van der Waals surface area (Å²) in [5.74, 6) is 1.96. The Morgan fingerprint density at radius 2 is 1.40 bits per heavy atom. The highest BCUT2D eigenvalue weighted by Gasteiger charge is 2.68. The zero-order valence-corrected chi connectivity index (χ0v) is 31.9. The van der Waals surface area contributed by atoms with Gasteiger partial charge in [-0.2, -0.15) is 0 Å². The van der Waals surface area contributed by atoms with Crippen molar-refractivity contribution in [2.45, 2.75) is 178 Å². The van der Waals surface area contributed by atoms with Crippen molar-refractivity contribution in [2.24, 2.45) is 52.3 Å². The van der Waals surface area contributed by atoms with Gasteiger partial charge in [0.25, 0.3) is 0 Å². The number of ether oxygens (including phenoxy) is 6. The zero-order valence-electron chi connectivity index (χ0n) is 31.9. The molecule has 8 rings (SSSR count). The Balaban J connectivity index is 1.07. The molecule has 0 aromatic carbocycles. The van der Waals surface area contributed by atoms with Crippen LogP contribution in [-0.2, 0) is 28.4 Å². The summed E-state index contributed by atoms with van der Waals surface area (Å²) >= 11 is 0. The second-order valence-corrected chi connectivity index (χ2v) is 19.1. The summed E-state index contributed by atoms with van der Waals surface area (Å²) in [5, 5.41) is 72.9. The molecule has 0 amide bonds. The number of hydrogen-bond acceptors (Lipinski definition) is 13. The highest BCUT2D eigenvalue weighted by Crippen LogP contribution is 2.70. The van der Waals surface area contributed by atoms with E-state index in [0.717, 1.165) is 64.4 Å². The van der Waals surface area contributed by atoms with Crippen LogP contribution in [0.3, 0.4) is 0 Å². The van der Waals surface area contributed by atoms with Gasteiger partial charge < -0.3 is 64.2 Å². The molecule has 4 aliphatic carbocycles. The largest absolute Gasteiger partial charge is 0.394 e. The standard InChI is InChI=1S/C40H66O13/c1-19-7-12-40(48-18-19)20(2)32-27(53-40)6-5-23-22-14-28(51-37-36(47)35(46)34(45)30(17-42)52-37)25-13-21(49-31-15-26(43)33(44)29(16-41)50-31)8-10-38(25,3)24(22)9-11-39(23,32)4/h19-37,41-47H,5-18H2,1-4H3. The first-order chi connectivity index (χ1) is 25.2. The number of fused-ring (bicyclic) bond motifs is 7. The van der Waals surface area contributed by atoms with E-state index in [1.165, 1.54) is 0 Å². The number of hydrogen-bond donors (Lipinski definition) is 7. The fourth-order valence-electron chi connectivity index (χ4n) is 13.5. The van der Waals surface area contributed by atoms with Gasteiger partial charge in [-0.1, -0.05) is 27.7 Å². The lowest BCUT2D eigenvalue weighted by Gasteiger charge is -2.66. The summed E-state index contributed by atoms with van der Waals surface area (Å²) in [5.41, 5.74) is -0.0677. The maximum absolute atomic E-state index is 11.1. The van der Waals surface area contributed by atoms with Gasteiger partial charge in [-0.3, -0.25) is 0 Å². The summed E-state index contributed by atoms with van der Waals surface area (Å²) in [4.78, 5) is 0. The molecule has 304 valence electrons. The minimum atomic E-state index is -1.53. The van der Waals surface area contributed by atoms with Crippen LogP contribution in [0, 0.1) is 52.3 Å². The Morgan fingerprint density at radius 1 is 0.679 bits per heavy atom. The van der Waals surface area contributed by atoms with Gasteiger partial charge in [0.2, 0.25) is 0 Å². The second kappa shape index (κ2) is 14.7. The van der Waals surface area contributed by atoms with Gasteiger partial charge in [0, 0.05) is 18.8 Å². The molecule has 0 radical (unpaired) electrons. The Kier molecular flexibility index (Phi) is 10.9. The van der Waals surface area contributed by atoms with E-state index in [9.17, 15) is 35.7 Å². The third kappa shape index (κ3) is 6.48. The van der Waals surface area contributed by atoms with Gasteiger partial charge in [0.1, 0.15) is 36.6 Å². The molecule has 4 heterocycles. The van der Waals surface area contributed by atoms with Gasteiger partial charge in [-0.05, 0) is 104 Å². The molecule has 0 aromatic rings. The fourth-order valence-corrected chi connectivity index (χ4v) is 13.5. The first-order valence-corrected chi connectivity index (χ1v) is 20.8. The maximum atomic E-state index is 11.1. The van der Waals surface area contributed by atoms with Crippen molar-refractivity contribution in [1.29, 1.82) is 0 Å². The SMILES string of the molecule is CC1CCC2(OC1)OC1CCC3C4CC(OC5OC(CO)C(O)C(O)C5O)C5CC(OC6CC(O)C(O)C(CO)O6)CCC5(C)C4CCC3(C)C1C2C. The molecular weight excluding hydrogens is 688 g/mol. The third-order valence-electron chi connectivity index (χ3n) is 16.4. The summed E-state index contributed by atoms with van der Waals surface area (Å²) in [6.45, 7) is 9.31. The van der Waals surface area contributed by atoms with Crippen LogP contribution in [-0.4, -0.2) is 135 Å². The molecule has 22 atom stereocenters. The van der Waals surface area contributed by atoms with E-state index in [2.05, 4.69) is 27.7 Å². The predicted octanol–water partition coefficient (Wildman–Crippen LogP) is 1.83. The van der Waals surface area contributed by atoms with Crippen molar-refractivity contribution in [3.05, 3.63) is 0 Å². The highest BCUT2D eigenvalue weighted by molar-refractivity contribution is 5.14. The summed E-state index contributed by atoms with van der Waals surface area (Å²) < 4.78 is 38.7. The average molecular weight is 755 g/mol. The van der Waals surface area contributed by atoms with Gasteiger partial charge in [0.05, 0.1) is 44.2 Å². The van der Waals surface area contributed by atoms with Gasteiger partial charge in [0.15, 0.2) is 18.4 Å². The fraction of sp³-hybridized carbons (Fsp3) is 1.00. The average Bonchev–Trinajstić information content (AvgIpc) is 3.42. The Bertz CT molecular complexity index is 1280. The van der Waals surface area contributed by atoms with E-state index in [1.54, 1.807) is 0 Å². The molecule has 0 bridgehead atoms. The highest BCUT2D eigenvalue weighted by atomic mass is 16.7. The second-order valence-electron chi connectivity index (χ2n) is 19.1. The Labute approximate surface area is 313 Å². The van der Waals surface area contributed by atoms with Gasteiger partial charge >= 0.3 is 0 Å². The molecule has 4 saturated carbocycles. The van der Waals surface area contributed by atoms with Crippen LogP contribution >= 0.6 is 0 Å². The van der Waals surface area contributed by atoms with Crippen LogP contribution in [0.5, 0.6) is 0 Å². The van der Waals surface area contributed by atoms with Gasteiger partial charge in [-0.25, -0.2) is 0 Å². The third-order valence-corrected chi connectivity index (χ3v) is 16.4. The minimum absolute atomic E-state index is 0.00190. The molecule has 8 fully saturated rings. The maximum Gasteiger partial charge on any atom is 0.186 e. The Morgan fingerprint density at radius 3 is 2.11 bits per heavy atom. The summed E-state index contributed by atoms with van der Waals surface area (Å²) in [6.07, 6.45) is -1.69. The topological polar surface area (TPSA) is 197 Å². The smallest absolute Gasteiger partial charge is 0.186 e. The summed E-state index contributed by atoms with van der Waals surface area (Å²) in [6, 6.07) is 0. The zero-order chi connectivity index (χ0) is 37.6. The van der Waals surface area contributed by atoms with E-state index < -0.39 is 74.3 Å². The van der Waals surface area contributed by atoms with Crippen molar-refractivity contribution in [2.75, 3.05) is 19.8 Å². The van der Waals surface area contributed by atoms with Crippen LogP contribution in [0.2, 0.25) is 0 Å². The molecule has 0 aromatic heterocycles. The first kappa shape index (κ1) is 39.3. The van der Waals surface area contributed by atoms with Gasteiger partial charge in [-0.15, -0.1) is 0 Å². The van der Waals surface area contributed by atoms with E-state index in [0.29, 0.717) is 36.0 Å². The lowest BCUT2D eigenvalue weighted by Crippen LogP contribution is -2.64. The summed E-state index contributed by atoms with van der Waals surface area (Å²) in [7, 11) is 0. The number of aliphatic hydroxyl groups is 7. The molecule has 4 aliphatic heterocycles. The molecule has 7 N–H and O–H groups in total. The van der Waals surface area contributed by atoms with Crippen molar-refractivity contribution < 1.29 is 64.2 Å². The van der Waals surface area contributed by atoms with Crippen molar-refractivity contribution >= 4 is 0 Å². The molecule has 53 heavy (non-hydrogen) atoms. The van der Waals surface area contributed by atoms with E-state index in [-0.39, 0.29) is 47.4 Å². The lowest BCUT2D eigenvalue weighted by atomic mass is 9.40. The van der Waals surface area contributed by atoms with E-state index >= 15 is 0 Å². The normalized spacial score (nSPS) is 58.4. The molecule has 8 aliphatic rings. The molecule has 13 heteroatoms. The number of rotatable bonds is 6. The minimum Gasteiger partial charge on any atom is -0.394 e. The van der Waals surface area contributed by atoms with Crippen LogP contribution in [0.4, 0.5) is 0 Å². The molecular formula is C40H66O13. The van der Waals surface area contributed by atoms with Crippen LogP contribution < -0.4 is 0 Å². The van der Waals surface area contributed by atoms with Crippen molar-refractivity contribution in [3.8, 4) is 0 Å².